The second-order valence-electron chi connectivity index (χ2n) is 6.59. The molecule has 0 bridgehead atoms. The maximum Gasteiger partial charge on any atom is 0.254 e. The van der Waals surface area contributed by atoms with E-state index in [4.69, 9.17) is 9.47 Å². The van der Waals surface area contributed by atoms with Gasteiger partial charge in [0.2, 0.25) is 0 Å². The zero-order chi connectivity index (χ0) is 17.8. The zero-order valence-corrected chi connectivity index (χ0v) is 14.5. The van der Waals surface area contributed by atoms with Crippen LogP contribution in [-0.4, -0.2) is 54.3 Å². The Balaban J connectivity index is 1.38. The highest BCUT2D eigenvalue weighted by atomic mass is 16.5. The number of nitrogens with one attached hydrogen (secondary N) is 2. The van der Waals surface area contributed by atoms with Gasteiger partial charge in [-0.05, 0) is 37.2 Å². The first-order valence-corrected chi connectivity index (χ1v) is 8.96. The minimum atomic E-state index is -0.132. The number of ether oxygens (including phenoxy) is 2. The Morgan fingerprint density at radius 1 is 1.19 bits per heavy atom. The molecule has 2 atom stereocenters. The molecule has 3 heterocycles. The molecule has 0 saturated carbocycles. The lowest BCUT2D eigenvalue weighted by Crippen LogP contribution is -2.36. The molecule has 136 valence electrons. The van der Waals surface area contributed by atoms with Crippen LogP contribution in [0.3, 0.4) is 0 Å². The van der Waals surface area contributed by atoms with Gasteiger partial charge in [0.15, 0.2) is 5.82 Å². The average Bonchev–Trinajstić information content (AvgIpc) is 3.37. The van der Waals surface area contributed by atoms with Crippen molar-refractivity contribution >= 4 is 5.91 Å². The molecule has 1 aromatic heterocycles. The number of amides is 1. The molecular formula is C19H22N4O3. The zero-order valence-electron chi connectivity index (χ0n) is 14.5. The van der Waals surface area contributed by atoms with Gasteiger partial charge in [0.1, 0.15) is 11.9 Å². The number of benzene rings is 1. The van der Waals surface area contributed by atoms with Crippen molar-refractivity contribution in [1.82, 2.24) is 20.6 Å². The predicted molar refractivity (Wildman–Crippen MR) is 96.1 cm³/mol. The summed E-state index contributed by atoms with van der Waals surface area (Å²) in [6.07, 6.45) is 5.14. The quantitative estimate of drug-likeness (QED) is 0.844. The first-order valence-electron chi connectivity index (χ1n) is 8.96. The van der Waals surface area contributed by atoms with E-state index in [0.29, 0.717) is 18.0 Å². The number of rotatable bonds is 5. The van der Waals surface area contributed by atoms with Gasteiger partial charge in [-0.3, -0.25) is 4.79 Å². The van der Waals surface area contributed by atoms with Crippen LogP contribution >= 0.6 is 0 Å². The number of nitrogens with zero attached hydrogens (tertiary/aromatic N) is 2. The van der Waals surface area contributed by atoms with E-state index in [1.54, 1.807) is 12.4 Å². The van der Waals surface area contributed by atoms with Gasteiger partial charge in [-0.1, -0.05) is 0 Å². The molecule has 26 heavy (non-hydrogen) atoms. The molecule has 2 aliphatic rings. The molecule has 2 unspecified atom stereocenters. The second-order valence-corrected chi connectivity index (χ2v) is 6.59. The fraction of sp³-hybridized carbons (Fsp3) is 0.421. The van der Waals surface area contributed by atoms with Crippen molar-refractivity contribution < 1.29 is 14.3 Å². The summed E-state index contributed by atoms with van der Waals surface area (Å²) in [7, 11) is 0. The SMILES string of the molecule is O=C(NC1CCNC1)c1cnc(-c2ccc(OC3CCOC3)cc2)nc1. The van der Waals surface area contributed by atoms with Crippen LogP contribution in [0.25, 0.3) is 11.4 Å². The highest BCUT2D eigenvalue weighted by Gasteiger charge is 2.19. The lowest BCUT2D eigenvalue weighted by atomic mass is 10.2. The van der Waals surface area contributed by atoms with Gasteiger partial charge in [-0.25, -0.2) is 9.97 Å². The third-order valence-electron chi connectivity index (χ3n) is 4.61. The average molecular weight is 354 g/mol. The Labute approximate surface area is 152 Å². The minimum Gasteiger partial charge on any atom is -0.488 e. The Bertz CT molecular complexity index is 736. The normalized spacial score (nSPS) is 22.3. The summed E-state index contributed by atoms with van der Waals surface area (Å²) in [4.78, 5) is 20.9. The van der Waals surface area contributed by atoms with Crippen molar-refractivity contribution in [3.8, 4) is 17.1 Å². The van der Waals surface area contributed by atoms with E-state index in [9.17, 15) is 4.79 Å². The van der Waals surface area contributed by atoms with Crippen molar-refractivity contribution in [2.24, 2.45) is 0 Å². The molecule has 0 spiro atoms. The van der Waals surface area contributed by atoms with Crippen molar-refractivity contribution in [2.75, 3.05) is 26.3 Å². The maximum absolute atomic E-state index is 12.2. The first-order chi connectivity index (χ1) is 12.8. The first kappa shape index (κ1) is 16.9. The third-order valence-corrected chi connectivity index (χ3v) is 4.61. The summed E-state index contributed by atoms with van der Waals surface area (Å²) in [5, 5.41) is 6.21. The second kappa shape index (κ2) is 7.80. The Morgan fingerprint density at radius 2 is 2.00 bits per heavy atom. The number of aromatic nitrogens is 2. The molecule has 4 rings (SSSR count). The van der Waals surface area contributed by atoms with Crippen LogP contribution in [0.5, 0.6) is 5.75 Å². The van der Waals surface area contributed by atoms with Gasteiger partial charge in [0.05, 0.1) is 18.8 Å². The number of carbonyl (C=O) groups is 1. The van der Waals surface area contributed by atoms with E-state index >= 15 is 0 Å². The van der Waals surface area contributed by atoms with Gasteiger partial charge >= 0.3 is 0 Å². The van der Waals surface area contributed by atoms with E-state index < -0.39 is 0 Å². The molecule has 2 aromatic rings. The lowest BCUT2D eigenvalue weighted by molar-refractivity contribution is 0.0939. The Kier molecular flexibility index (Phi) is 5.08. The summed E-state index contributed by atoms with van der Waals surface area (Å²) < 4.78 is 11.2. The van der Waals surface area contributed by atoms with Crippen molar-refractivity contribution in [3.05, 3.63) is 42.2 Å². The monoisotopic (exact) mass is 354 g/mol. The molecule has 7 nitrogen and oxygen atoms in total. The van der Waals surface area contributed by atoms with E-state index in [0.717, 1.165) is 43.9 Å². The van der Waals surface area contributed by atoms with E-state index in [-0.39, 0.29) is 18.1 Å². The van der Waals surface area contributed by atoms with E-state index in [1.807, 2.05) is 24.3 Å². The maximum atomic E-state index is 12.2. The van der Waals surface area contributed by atoms with Crippen LogP contribution in [0.1, 0.15) is 23.2 Å². The molecule has 0 aliphatic carbocycles. The summed E-state index contributed by atoms with van der Waals surface area (Å²) >= 11 is 0. The number of hydrogen-bond donors (Lipinski definition) is 2. The molecule has 7 heteroatoms. The lowest BCUT2D eigenvalue weighted by Gasteiger charge is -2.12. The molecule has 2 aliphatic heterocycles. The fourth-order valence-corrected chi connectivity index (χ4v) is 3.12. The molecule has 2 fully saturated rings. The van der Waals surface area contributed by atoms with Gasteiger partial charge < -0.3 is 20.1 Å². The van der Waals surface area contributed by atoms with Gasteiger partial charge in [0.25, 0.3) is 5.91 Å². The minimum absolute atomic E-state index is 0.130. The van der Waals surface area contributed by atoms with E-state index in [2.05, 4.69) is 20.6 Å². The summed E-state index contributed by atoms with van der Waals surface area (Å²) in [5.41, 5.74) is 1.36. The molecule has 1 aromatic carbocycles. The van der Waals surface area contributed by atoms with Crippen LogP contribution in [0.15, 0.2) is 36.7 Å². The highest BCUT2D eigenvalue weighted by Crippen LogP contribution is 2.21. The van der Waals surface area contributed by atoms with Crippen molar-refractivity contribution in [1.29, 1.82) is 0 Å². The van der Waals surface area contributed by atoms with Gasteiger partial charge in [-0.2, -0.15) is 0 Å². The largest absolute Gasteiger partial charge is 0.488 e. The highest BCUT2D eigenvalue weighted by molar-refractivity contribution is 5.93. The molecule has 2 N–H and O–H groups in total. The van der Waals surface area contributed by atoms with Crippen molar-refractivity contribution in [2.45, 2.75) is 25.0 Å². The van der Waals surface area contributed by atoms with Crippen LogP contribution < -0.4 is 15.4 Å². The predicted octanol–water partition coefficient (Wildman–Crippen LogP) is 1.40. The smallest absolute Gasteiger partial charge is 0.254 e. The Morgan fingerprint density at radius 3 is 2.65 bits per heavy atom. The van der Waals surface area contributed by atoms with Crippen LogP contribution in [0, 0.1) is 0 Å². The van der Waals surface area contributed by atoms with Crippen LogP contribution in [0.4, 0.5) is 0 Å². The molecule has 0 radical (unpaired) electrons. The van der Waals surface area contributed by atoms with Crippen LogP contribution in [-0.2, 0) is 4.74 Å². The summed E-state index contributed by atoms with van der Waals surface area (Å²) in [6.45, 7) is 3.15. The summed E-state index contributed by atoms with van der Waals surface area (Å²) in [5.74, 6) is 1.26. The third kappa shape index (κ3) is 4.00. The number of carbonyl (C=O) groups excluding carboxylic acids is 1. The molecule has 1 amide bonds. The standard InChI is InChI=1S/C19H22N4O3/c24-19(23-15-5-7-20-11-15)14-9-21-18(22-10-14)13-1-3-16(4-2-13)26-17-6-8-25-12-17/h1-4,9-10,15,17,20H,5-8,11-12H2,(H,23,24). The fourth-order valence-electron chi connectivity index (χ4n) is 3.12. The van der Waals surface area contributed by atoms with Crippen molar-refractivity contribution in [3.63, 3.8) is 0 Å². The topological polar surface area (TPSA) is 85.4 Å². The molecular weight excluding hydrogens is 332 g/mol. The molecule has 2 saturated heterocycles. The van der Waals surface area contributed by atoms with Gasteiger partial charge in [0, 0.05) is 37.0 Å². The van der Waals surface area contributed by atoms with Gasteiger partial charge in [-0.15, -0.1) is 0 Å². The summed E-state index contributed by atoms with van der Waals surface area (Å²) in [6, 6.07) is 7.84. The Hall–Kier alpha value is -2.51. The van der Waals surface area contributed by atoms with Crippen LogP contribution in [0.2, 0.25) is 0 Å². The van der Waals surface area contributed by atoms with E-state index in [1.165, 1.54) is 0 Å². The number of hydrogen-bond acceptors (Lipinski definition) is 6.